The highest BCUT2D eigenvalue weighted by atomic mass is 35.5. The third-order valence-electron chi connectivity index (χ3n) is 2.16. The van der Waals surface area contributed by atoms with Crippen molar-refractivity contribution in [3.8, 4) is 0 Å². The number of esters is 1. The van der Waals surface area contributed by atoms with E-state index in [1.165, 1.54) is 12.1 Å². The van der Waals surface area contributed by atoms with Crippen LogP contribution in [0.3, 0.4) is 0 Å². The first kappa shape index (κ1) is 19.0. The number of hydrogen-bond acceptors (Lipinski definition) is 4. The van der Waals surface area contributed by atoms with Gasteiger partial charge >= 0.3 is 13.1 Å². The second-order valence-corrected chi connectivity index (χ2v) is 8.54. The van der Waals surface area contributed by atoms with E-state index in [2.05, 4.69) is 5.09 Å². The second-order valence-electron chi connectivity index (χ2n) is 4.38. The number of ether oxygens (including phenoxy) is 1. The molecule has 116 valence electrons. The molecule has 0 saturated carbocycles. The summed E-state index contributed by atoms with van der Waals surface area (Å²) in [6.07, 6.45) is -0.225. The number of carbonyl (C=O) groups excluding carboxylic acids is 1. The smallest absolute Gasteiger partial charge is 0.462 e. The zero-order chi connectivity index (χ0) is 16.2. The van der Waals surface area contributed by atoms with Gasteiger partial charge in [0.25, 0.3) is 0 Å². The van der Waals surface area contributed by atoms with Crippen molar-refractivity contribution in [2.45, 2.75) is 37.8 Å². The van der Waals surface area contributed by atoms with Crippen LogP contribution in [0.4, 0.5) is 0 Å². The molecule has 0 aliphatic rings. The first-order valence-corrected chi connectivity index (χ1v) is 9.78. The van der Waals surface area contributed by atoms with Crippen LogP contribution in [0.15, 0.2) is 17.0 Å². The van der Waals surface area contributed by atoms with Crippen molar-refractivity contribution < 1.29 is 14.1 Å². The van der Waals surface area contributed by atoms with E-state index in [1.807, 2.05) is 0 Å². The SMILES string of the molecule is CC(C)OC(=O)[C@H](C)N[P+](=O)Sc1cc(Cl)c(Cl)cc1Cl. The van der Waals surface area contributed by atoms with Crippen LogP contribution in [0, 0.1) is 0 Å². The van der Waals surface area contributed by atoms with E-state index < -0.39 is 19.2 Å². The van der Waals surface area contributed by atoms with Crippen molar-refractivity contribution in [3.63, 3.8) is 0 Å². The molecule has 0 amide bonds. The van der Waals surface area contributed by atoms with E-state index in [9.17, 15) is 9.36 Å². The molecule has 2 atom stereocenters. The Morgan fingerprint density at radius 3 is 2.33 bits per heavy atom. The number of hydrogen-bond donors (Lipinski definition) is 1. The van der Waals surface area contributed by atoms with Gasteiger partial charge in [-0.05, 0) is 37.5 Å². The van der Waals surface area contributed by atoms with Crippen LogP contribution in [0.5, 0.6) is 0 Å². The molecule has 21 heavy (non-hydrogen) atoms. The zero-order valence-corrected chi connectivity index (χ0v) is 15.5. The molecule has 1 N–H and O–H groups in total. The lowest BCUT2D eigenvalue weighted by atomic mass is 10.4. The van der Waals surface area contributed by atoms with Gasteiger partial charge in [0.2, 0.25) is 0 Å². The minimum absolute atomic E-state index is 0.225. The Balaban J connectivity index is 2.66. The van der Waals surface area contributed by atoms with Gasteiger partial charge in [0.1, 0.15) is 6.04 Å². The number of nitrogens with one attached hydrogen (secondary N) is 1. The van der Waals surface area contributed by atoms with Gasteiger partial charge in [-0.25, -0.2) is 0 Å². The Hall–Kier alpha value is -0.0300. The molecule has 0 aliphatic heterocycles. The summed E-state index contributed by atoms with van der Waals surface area (Å²) in [5.74, 6) is -0.464. The minimum atomic E-state index is -1.96. The lowest BCUT2D eigenvalue weighted by Crippen LogP contribution is -2.32. The monoisotopic (exact) mass is 388 g/mol. The first-order chi connectivity index (χ1) is 9.70. The van der Waals surface area contributed by atoms with Crippen LogP contribution in [-0.2, 0) is 14.1 Å². The largest absolute Gasteiger partial charge is 0.513 e. The van der Waals surface area contributed by atoms with Gasteiger partial charge < -0.3 is 4.74 Å². The molecule has 0 heterocycles. The van der Waals surface area contributed by atoms with Crippen LogP contribution in [0.2, 0.25) is 15.1 Å². The quantitative estimate of drug-likeness (QED) is 0.405. The summed E-state index contributed by atoms with van der Waals surface area (Å²) in [7, 11) is -1.96. The maximum Gasteiger partial charge on any atom is 0.513 e. The average Bonchev–Trinajstić information content (AvgIpc) is 2.34. The number of halogens is 3. The van der Waals surface area contributed by atoms with E-state index in [4.69, 9.17) is 39.5 Å². The minimum Gasteiger partial charge on any atom is -0.462 e. The molecule has 0 aromatic heterocycles. The summed E-state index contributed by atoms with van der Waals surface area (Å²) in [4.78, 5) is 12.1. The van der Waals surface area contributed by atoms with Crippen molar-refractivity contribution >= 4 is 59.3 Å². The molecule has 0 bridgehead atoms. The third kappa shape index (κ3) is 6.31. The van der Waals surface area contributed by atoms with Gasteiger partial charge in [-0.2, -0.15) is 0 Å². The zero-order valence-electron chi connectivity index (χ0n) is 11.5. The molecule has 1 unspecified atom stereocenters. The summed E-state index contributed by atoms with van der Waals surface area (Å²) in [5.41, 5.74) is 0. The number of benzene rings is 1. The van der Waals surface area contributed by atoms with Gasteiger partial charge in [0, 0.05) is 0 Å². The maximum absolute atomic E-state index is 12.0. The number of rotatable bonds is 6. The fourth-order valence-electron chi connectivity index (χ4n) is 1.24. The molecule has 0 aliphatic carbocycles. The molecule has 0 spiro atoms. The lowest BCUT2D eigenvalue weighted by Gasteiger charge is -2.10. The topological polar surface area (TPSA) is 55.4 Å². The fraction of sp³-hybridized carbons (Fsp3) is 0.417. The van der Waals surface area contributed by atoms with Gasteiger partial charge in [0.05, 0.1) is 26.1 Å². The Kier molecular flexibility index (Phi) is 7.75. The second kappa shape index (κ2) is 8.56. The fourth-order valence-corrected chi connectivity index (χ4v) is 4.72. The van der Waals surface area contributed by atoms with Gasteiger partial charge in [-0.3, -0.25) is 4.79 Å². The van der Waals surface area contributed by atoms with Crippen LogP contribution in [0.25, 0.3) is 0 Å². The lowest BCUT2D eigenvalue weighted by molar-refractivity contribution is -0.148. The van der Waals surface area contributed by atoms with Crippen LogP contribution in [-0.4, -0.2) is 18.1 Å². The molecule has 0 radical (unpaired) electrons. The van der Waals surface area contributed by atoms with E-state index in [1.54, 1.807) is 20.8 Å². The molecule has 0 fully saturated rings. The molecule has 1 rings (SSSR count). The van der Waals surface area contributed by atoms with E-state index in [0.717, 1.165) is 11.4 Å². The highest BCUT2D eigenvalue weighted by molar-refractivity contribution is 8.51. The normalized spacial score (nSPS) is 13.2. The highest BCUT2D eigenvalue weighted by Crippen LogP contribution is 2.46. The highest BCUT2D eigenvalue weighted by Gasteiger charge is 2.29. The Morgan fingerprint density at radius 2 is 1.76 bits per heavy atom. The summed E-state index contributed by atoms with van der Waals surface area (Å²) in [5, 5.41) is 3.64. The summed E-state index contributed by atoms with van der Waals surface area (Å²) in [6, 6.07) is 2.32. The molecular weight excluding hydrogens is 376 g/mol. The van der Waals surface area contributed by atoms with Gasteiger partial charge in [0.15, 0.2) is 11.4 Å². The van der Waals surface area contributed by atoms with E-state index in [0.29, 0.717) is 20.0 Å². The predicted molar refractivity (Wildman–Crippen MR) is 88.8 cm³/mol. The van der Waals surface area contributed by atoms with Crippen LogP contribution in [0.1, 0.15) is 20.8 Å². The average molecular weight is 390 g/mol. The predicted octanol–water partition coefficient (Wildman–Crippen LogP) is 5.33. The number of carbonyl (C=O) groups is 1. The molecular formula is C12H14Cl3NO3PS+. The van der Waals surface area contributed by atoms with Gasteiger partial charge in [-0.1, -0.05) is 39.9 Å². The van der Waals surface area contributed by atoms with Crippen molar-refractivity contribution in [2.24, 2.45) is 0 Å². The van der Waals surface area contributed by atoms with Crippen LogP contribution >= 0.6 is 53.3 Å². The molecule has 0 saturated heterocycles. The van der Waals surface area contributed by atoms with E-state index >= 15 is 0 Å². The Bertz CT molecular complexity index is 557. The van der Waals surface area contributed by atoms with Crippen LogP contribution < -0.4 is 5.09 Å². The Labute approximate surface area is 143 Å². The third-order valence-corrected chi connectivity index (χ3v) is 6.01. The molecule has 9 heteroatoms. The Morgan fingerprint density at radius 1 is 1.19 bits per heavy atom. The molecule has 1 aromatic carbocycles. The van der Waals surface area contributed by atoms with Crippen molar-refractivity contribution in [3.05, 3.63) is 27.2 Å². The molecule has 1 aromatic rings. The summed E-state index contributed by atoms with van der Waals surface area (Å²) < 4.78 is 17.0. The standard InChI is InChI=1S/C12H14Cl3NO3PS/c1-6(2)19-12(17)7(3)16-20(18)21-11-5-9(14)8(13)4-10(11)15/h4-7H,1-3H3,(H,16,18)/q+1/t7-/m0/s1. The summed E-state index contributed by atoms with van der Waals surface area (Å²) >= 11 is 18.7. The van der Waals surface area contributed by atoms with E-state index in [-0.39, 0.29) is 6.10 Å². The first-order valence-electron chi connectivity index (χ1n) is 5.97. The van der Waals surface area contributed by atoms with Crippen molar-refractivity contribution in [1.29, 1.82) is 0 Å². The van der Waals surface area contributed by atoms with Crippen molar-refractivity contribution in [1.82, 2.24) is 5.09 Å². The maximum atomic E-state index is 12.0. The van der Waals surface area contributed by atoms with Gasteiger partial charge in [-0.15, -0.1) is 0 Å². The molecule has 4 nitrogen and oxygen atoms in total. The van der Waals surface area contributed by atoms with Crippen molar-refractivity contribution in [2.75, 3.05) is 0 Å². The summed E-state index contributed by atoms with van der Waals surface area (Å²) in [6.45, 7) is 5.07.